The van der Waals surface area contributed by atoms with Gasteiger partial charge in [-0.15, -0.1) is 0 Å². The van der Waals surface area contributed by atoms with Crippen molar-refractivity contribution in [2.24, 2.45) is 10.8 Å². The highest BCUT2D eigenvalue weighted by Gasteiger charge is 2.48. The fourth-order valence-electron chi connectivity index (χ4n) is 3.24. The van der Waals surface area contributed by atoms with Crippen LogP contribution in [-0.2, 0) is 11.3 Å². The molecule has 1 aromatic rings. The highest BCUT2D eigenvalue weighted by atomic mass is 35.5. The number of carbonyl (C=O) groups excluding carboxylic acids is 1. The number of aliphatic hydroxyl groups is 1. The summed E-state index contributed by atoms with van der Waals surface area (Å²) in [5.74, 6) is -0.537. The maximum absolute atomic E-state index is 13.4. The zero-order chi connectivity index (χ0) is 18.4. The van der Waals surface area contributed by atoms with Crippen molar-refractivity contribution < 1.29 is 14.3 Å². The Morgan fingerprint density at radius 2 is 1.79 bits per heavy atom. The number of rotatable bonds is 2. The Morgan fingerprint density at radius 3 is 2.25 bits per heavy atom. The van der Waals surface area contributed by atoms with Gasteiger partial charge in [0.2, 0.25) is 0 Å². The molecule has 24 heavy (non-hydrogen) atoms. The molecule has 1 heterocycles. The topological polar surface area (TPSA) is 40.5 Å². The van der Waals surface area contributed by atoms with Crippen molar-refractivity contribution in [2.45, 2.75) is 54.1 Å². The van der Waals surface area contributed by atoms with Crippen LogP contribution in [0.3, 0.4) is 0 Å². The number of nitrogens with zero attached hydrogens (tertiary/aromatic N) is 1. The van der Waals surface area contributed by atoms with Gasteiger partial charge in [-0.25, -0.2) is 4.39 Å². The molecule has 5 heteroatoms. The van der Waals surface area contributed by atoms with E-state index in [-0.39, 0.29) is 28.6 Å². The fraction of sp³-hybridized carbons (Fsp3) is 0.526. The highest BCUT2D eigenvalue weighted by molar-refractivity contribution is 6.30. The Hall–Kier alpha value is -1.55. The molecule has 0 spiro atoms. The molecule has 1 aliphatic rings. The van der Waals surface area contributed by atoms with E-state index in [9.17, 15) is 14.3 Å². The predicted octanol–water partition coefficient (Wildman–Crippen LogP) is 5.09. The molecule has 0 aliphatic carbocycles. The van der Waals surface area contributed by atoms with Gasteiger partial charge in [-0.3, -0.25) is 4.79 Å². The molecule has 0 saturated heterocycles. The lowest BCUT2D eigenvalue weighted by atomic mass is 9.81. The molecule has 1 atom stereocenters. The Bertz CT molecular complexity index is 698. The first-order chi connectivity index (χ1) is 10.8. The molecule has 1 aromatic carbocycles. The van der Waals surface area contributed by atoms with Gasteiger partial charge in [0.1, 0.15) is 11.6 Å². The normalized spacial score (nSPS) is 19.4. The summed E-state index contributed by atoms with van der Waals surface area (Å²) in [5, 5.41) is 10.8. The molecular weight excluding hydrogens is 329 g/mol. The van der Waals surface area contributed by atoms with E-state index in [1.54, 1.807) is 11.0 Å². The van der Waals surface area contributed by atoms with Crippen LogP contribution in [0, 0.1) is 16.6 Å². The van der Waals surface area contributed by atoms with E-state index in [2.05, 4.69) is 0 Å². The van der Waals surface area contributed by atoms with Crippen LogP contribution >= 0.6 is 11.6 Å². The van der Waals surface area contributed by atoms with Crippen molar-refractivity contribution in [2.75, 3.05) is 0 Å². The van der Waals surface area contributed by atoms with Crippen molar-refractivity contribution in [1.82, 2.24) is 4.90 Å². The van der Waals surface area contributed by atoms with Crippen LogP contribution in [-0.4, -0.2) is 22.0 Å². The summed E-state index contributed by atoms with van der Waals surface area (Å²) in [6.07, 6.45) is 0. The maximum atomic E-state index is 13.4. The van der Waals surface area contributed by atoms with Gasteiger partial charge in [0, 0.05) is 6.54 Å². The zero-order valence-electron chi connectivity index (χ0n) is 15.1. The monoisotopic (exact) mass is 353 g/mol. The van der Waals surface area contributed by atoms with Gasteiger partial charge in [-0.1, -0.05) is 59.2 Å². The van der Waals surface area contributed by atoms with Crippen LogP contribution < -0.4 is 0 Å². The summed E-state index contributed by atoms with van der Waals surface area (Å²) < 4.78 is 13.4. The first-order valence-electron chi connectivity index (χ1n) is 8.02. The molecule has 0 unspecified atom stereocenters. The first-order valence-corrected chi connectivity index (χ1v) is 8.40. The number of benzene rings is 1. The van der Waals surface area contributed by atoms with Crippen molar-refractivity contribution in [3.05, 3.63) is 45.9 Å². The zero-order valence-corrected chi connectivity index (χ0v) is 15.8. The van der Waals surface area contributed by atoms with E-state index in [4.69, 9.17) is 11.6 Å². The number of carbonyl (C=O) groups is 1. The lowest BCUT2D eigenvalue weighted by Gasteiger charge is -2.35. The second-order valence-corrected chi connectivity index (χ2v) is 8.87. The smallest absolute Gasteiger partial charge is 0.254 e. The molecule has 0 radical (unpaired) electrons. The van der Waals surface area contributed by atoms with Crippen LogP contribution in [0.2, 0.25) is 5.02 Å². The van der Waals surface area contributed by atoms with E-state index in [1.807, 2.05) is 41.5 Å². The average Bonchev–Trinajstić information content (AvgIpc) is 2.64. The third-order valence-corrected chi connectivity index (χ3v) is 4.50. The first kappa shape index (κ1) is 18.8. The predicted molar refractivity (Wildman–Crippen MR) is 94.3 cm³/mol. The van der Waals surface area contributed by atoms with E-state index in [1.165, 1.54) is 12.1 Å². The molecule has 1 N–H and O–H groups in total. The van der Waals surface area contributed by atoms with E-state index in [0.29, 0.717) is 5.57 Å². The summed E-state index contributed by atoms with van der Waals surface area (Å²) in [6, 6.07) is 4.00. The Balaban J connectivity index is 2.45. The van der Waals surface area contributed by atoms with Crippen LogP contribution in [0.5, 0.6) is 0 Å². The molecule has 3 nitrogen and oxygen atoms in total. The lowest BCUT2D eigenvalue weighted by Crippen LogP contribution is -2.43. The Kier molecular flexibility index (Phi) is 4.75. The van der Waals surface area contributed by atoms with Crippen molar-refractivity contribution in [3.8, 4) is 0 Å². The van der Waals surface area contributed by atoms with Crippen LogP contribution in [0.1, 0.15) is 47.1 Å². The quantitative estimate of drug-likeness (QED) is 0.804. The number of halogens is 2. The molecule has 1 amide bonds. The average molecular weight is 354 g/mol. The van der Waals surface area contributed by atoms with E-state index >= 15 is 0 Å². The van der Waals surface area contributed by atoms with Gasteiger partial charge in [0.15, 0.2) is 0 Å². The van der Waals surface area contributed by atoms with E-state index in [0.717, 1.165) is 5.56 Å². The fourth-order valence-corrected chi connectivity index (χ4v) is 3.44. The third kappa shape index (κ3) is 3.44. The van der Waals surface area contributed by atoms with Gasteiger partial charge >= 0.3 is 0 Å². The summed E-state index contributed by atoms with van der Waals surface area (Å²) >= 11 is 5.85. The number of hydrogen-bond acceptors (Lipinski definition) is 2. The number of hydrogen-bond donors (Lipinski definition) is 1. The number of aliphatic hydroxyl groups excluding tert-OH is 1. The summed E-state index contributed by atoms with van der Waals surface area (Å²) in [7, 11) is 0. The minimum Gasteiger partial charge on any atom is -0.510 e. The molecule has 0 bridgehead atoms. The summed E-state index contributed by atoms with van der Waals surface area (Å²) in [6.45, 7) is 12.0. The standard InChI is InChI=1S/C19H25ClFNO2/c1-18(2,3)14-15(23)16(19(4,5)6)22(17(14)24)10-11-7-8-13(21)12(20)9-11/h7-9,16,23H,10H2,1-6H3/t16-/m1/s1. The van der Waals surface area contributed by atoms with Gasteiger partial charge in [0.05, 0.1) is 16.6 Å². The SMILES string of the molecule is CC(C)(C)C1=C(O)[C@H](C(C)(C)C)N(Cc2ccc(F)c(Cl)c2)C1=O. The van der Waals surface area contributed by atoms with Gasteiger partial charge in [-0.05, 0) is 28.5 Å². The highest BCUT2D eigenvalue weighted by Crippen LogP contribution is 2.43. The van der Waals surface area contributed by atoms with Gasteiger partial charge in [0.25, 0.3) is 5.91 Å². The summed E-state index contributed by atoms with van der Waals surface area (Å²) in [5.41, 5.74) is 0.374. The third-order valence-electron chi connectivity index (χ3n) is 4.21. The Morgan fingerprint density at radius 1 is 1.21 bits per heavy atom. The second-order valence-electron chi connectivity index (χ2n) is 8.46. The van der Waals surface area contributed by atoms with Crippen molar-refractivity contribution in [1.29, 1.82) is 0 Å². The largest absolute Gasteiger partial charge is 0.510 e. The summed E-state index contributed by atoms with van der Waals surface area (Å²) in [4.78, 5) is 14.6. The van der Waals surface area contributed by atoms with Crippen LogP contribution in [0.25, 0.3) is 0 Å². The van der Waals surface area contributed by atoms with Gasteiger partial charge < -0.3 is 10.0 Å². The van der Waals surface area contributed by atoms with Crippen molar-refractivity contribution in [3.63, 3.8) is 0 Å². The molecule has 1 aliphatic heterocycles. The molecule has 0 saturated carbocycles. The molecule has 132 valence electrons. The maximum Gasteiger partial charge on any atom is 0.254 e. The lowest BCUT2D eigenvalue weighted by molar-refractivity contribution is -0.130. The van der Waals surface area contributed by atoms with E-state index < -0.39 is 17.3 Å². The molecule has 2 rings (SSSR count). The number of amides is 1. The second kappa shape index (κ2) is 6.07. The van der Waals surface area contributed by atoms with Gasteiger partial charge in [-0.2, -0.15) is 0 Å². The minimum atomic E-state index is -0.489. The van der Waals surface area contributed by atoms with Crippen LogP contribution in [0.15, 0.2) is 29.5 Å². The molecule has 0 aromatic heterocycles. The minimum absolute atomic E-state index is 0.0275. The molecule has 0 fully saturated rings. The van der Waals surface area contributed by atoms with Crippen LogP contribution in [0.4, 0.5) is 4.39 Å². The van der Waals surface area contributed by atoms with Crippen molar-refractivity contribution >= 4 is 17.5 Å². The Labute approximate surface area is 148 Å². The molecular formula is C19H25ClFNO2.